The minimum atomic E-state index is 0. The molecular formula is C21H26IN3OS2. The fourth-order valence-electron chi connectivity index (χ4n) is 3.77. The van der Waals surface area contributed by atoms with Crippen LogP contribution in [0.2, 0.25) is 0 Å². The summed E-state index contributed by atoms with van der Waals surface area (Å²) in [7, 11) is 2.36. The lowest BCUT2D eigenvalue weighted by Gasteiger charge is -2.37. The molecule has 0 unspecified atom stereocenters. The summed E-state index contributed by atoms with van der Waals surface area (Å²) >= 11 is 3.18. The number of likely N-dealkylation sites (tertiary alicyclic amines) is 1. The summed E-state index contributed by atoms with van der Waals surface area (Å²) in [5, 5.41) is 2.76. The Kier molecular flexibility index (Phi) is 7.22. The molecule has 7 heteroatoms. The highest BCUT2D eigenvalue weighted by Gasteiger charge is 2.24. The van der Waals surface area contributed by atoms with Gasteiger partial charge in [0.1, 0.15) is 4.70 Å². The topological polar surface area (TPSA) is 34.9 Å². The summed E-state index contributed by atoms with van der Waals surface area (Å²) in [5.41, 5.74) is 2.94. The third-order valence-corrected chi connectivity index (χ3v) is 7.31. The molecule has 3 aromatic rings. The molecular weight excluding hydrogens is 501 g/mol. The van der Waals surface area contributed by atoms with Crippen molar-refractivity contribution in [2.24, 2.45) is 0 Å². The molecule has 2 aromatic heterocycles. The average Bonchev–Trinajstić information content (AvgIpc) is 3.12. The molecule has 0 spiro atoms. The number of fused-ring (bicyclic) bond motifs is 1. The molecule has 3 heterocycles. The molecule has 0 bridgehead atoms. The first-order chi connectivity index (χ1) is 13.1. The Labute approximate surface area is 191 Å². The molecule has 0 atom stereocenters. The van der Waals surface area contributed by atoms with Gasteiger partial charge in [0.2, 0.25) is 0 Å². The van der Waals surface area contributed by atoms with Crippen LogP contribution in [0.3, 0.4) is 0 Å². The summed E-state index contributed by atoms with van der Waals surface area (Å²) in [6.07, 6.45) is 4.02. The Bertz CT molecular complexity index is 991. The molecule has 1 saturated heterocycles. The minimum Gasteiger partial charge on any atom is -1.00 e. The van der Waals surface area contributed by atoms with E-state index in [9.17, 15) is 4.79 Å². The maximum Gasteiger partial charge on any atom is 0.276 e. The molecule has 0 amide bonds. The third-order valence-electron chi connectivity index (χ3n) is 5.50. The Balaban J connectivity index is 0.00000225. The first-order valence-corrected chi connectivity index (χ1v) is 11.5. The monoisotopic (exact) mass is 527 g/mol. The summed E-state index contributed by atoms with van der Waals surface area (Å²) < 4.78 is 3.66. The Morgan fingerprint density at radius 2 is 1.86 bits per heavy atom. The zero-order chi connectivity index (χ0) is 18.9. The van der Waals surface area contributed by atoms with Gasteiger partial charge in [-0.05, 0) is 49.8 Å². The van der Waals surface area contributed by atoms with Gasteiger partial charge >= 0.3 is 0 Å². The number of hydrogen-bond acceptors (Lipinski definition) is 4. The number of halogens is 1. The van der Waals surface area contributed by atoms with Crippen LogP contribution in [0, 0.1) is 6.92 Å². The van der Waals surface area contributed by atoms with Crippen molar-refractivity contribution in [3.05, 3.63) is 51.6 Å². The molecule has 4 rings (SSSR count). The normalized spacial score (nSPS) is 16.1. The molecule has 0 N–H and O–H groups in total. The van der Waals surface area contributed by atoms with Gasteiger partial charge < -0.3 is 28.5 Å². The number of quaternary nitrogens is 1. The van der Waals surface area contributed by atoms with Crippen molar-refractivity contribution in [2.45, 2.75) is 31.3 Å². The van der Waals surface area contributed by atoms with Gasteiger partial charge in [0.05, 0.1) is 43.6 Å². The van der Waals surface area contributed by atoms with Gasteiger partial charge in [-0.2, -0.15) is 0 Å². The van der Waals surface area contributed by atoms with Crippen LogP contribution in [0.4, 0.5) is 0 Å². The van der Waals surface area contributed by atoms with Gasteiger partial charge in [-0.15, -0.1) is 11.3 Å². The highest BCUT2D eigenvalue weighted by atomic mass is 127. The maximum atomic E-state index is 13.1. The van der Waals surface area contributed by atoms with Gasteiger partial charge in [-0.25, -0.2) is 4.98 Å². The lowest BCUT2D eigenvalue weighted by molar-refractivity contribution is -0.911. The van der Waals surface area contributed by atoms with Crippen molar-refractivity contribution in [3.8, 4) is 5.69 Å². The zero-order valence-electron chi connectivity index (χ0n) is 16.4. The maximum absolute atomic E-state index is 13.1. The summed E-state index contributed by atoms with van der Waals surface area (Å²) in [4.78, 5) is 18.0. The molecule has 0 radical (unpaired) electrons. The van der Waals surface area contributed by atoms with Crippen molar-refractivity contribution in [3.63, 3.8) is 0 Å². The second kappa shape index (κ2) is 9.28. The van der Waals surface area contributed by atoms with E-state index >= 15 is 0 Å². The molecule has 1 aliphatic rings. The minimum absolute atomic E-state index is 0. The molecule has 1 aliphatic heterocycles. The van der Waals surface area contributed by atoms with Crippen LogP contribution < -0.4 is 29.5 Å². The van der Waals surface area contributed by atoms with Crippen LogP contribution in [0.1, 0.15) is 24.8 Å². The number of thiophene rings is 1. The van der Waals surface area contributed by atoms with Crippen molar-refractivity contribution >= 4 is 33.3 Å². The summed E-state index contributed by atoms with van der Waals surface area (Å²) in [6, 6.07) is 10.1. The molecule has 0 aliphatic carbocycles. The van der Waals surface area contributed by atoms with Crippen molar-refractivity contribution in [1.82, 2.24) is 9.55 Å². The predicted octanol–water partition coefficient (Wildman–Crippen LogP) is 1.48. The fraction of sp³-hybridized carbons (Fsp3) is 0.429. The molecule has 1 fully saturated rings. The predicted molar refractivity (Wildman–Crippen MR) is 115 cm³/mol. The van der Waals surface area contributed by atoms with Crippen LogP contribution in [0.25, 0.3) is 15.9 Å². The number of thioether (sulfide) groups is 1. The van der Waals surface area contributed by atoms with Crippen molar-refractivity contribution in [1.29, 1.82) is 0 Å². The van der Waals surface area contributed by atoms with Crippen LogP contribution in [-0.2, 0) is 0 Å². The summed E-state index contributed by atoms with van der Waals surface area (Å²) in [5.74, 6) is 0.977. The molecule has 0 saturated carbocycles. The number of aryl methyl sites for hydroxylation is 1. The number of aromatic nitrogens is 2. The van der Waals surface area contributed by atoms with Crippen molar-refractivity contribution in [2.75, 3.05) is 32.4 Å². The first-order valence-electron chi connectivity index (χ1n) is 9.59. The van der Waals surface area contributed by atoms with Gasteiger partial charge in [-0.1, -0.05) is 29.5 Å². The van der Waals surface area contributed by atoms with Crippen LogP contribution in [0.15, 0.2) is 45.7 Å². The fourth-order valence-corrected chi connectivity index (χ4v) is 5.72. The standard InChI is InChI=1S/C21H26N3OS2.HI/c1-16-6-8-17(9-7-16)23-20(25)19-18(10-14-26-19)22-21(23)27-15-13-24(2)11-4-3-5-12-24;/h6-10,14H,3-5,11-13,15H2,1-2H3;1H/q+1;/p-1. The van der Waals surface area contributed by atoms with Crippen LogP contribution >= 0.6 is 23.1 Å². The molecule has 150 valence electrons. The largest absolute Gasteiger partial charge is 1.00 e. The number of rotatable bonds is 5. The summed E-state index contributed by atoms with van der Waals surface area (Å²) in [6.45, 7) is 5.71. The van der Waals surface area contributed by atoms with Gasteiger partial charge in [0.15, 0.2) is 5.16 Å². The average molecular weight is 527 g/mol. The van der Waals surface area contributed by atoms with E-state index in [0.717, 1.165) is 37.8 Å². The molecule has 28 heavy (non-hydrogen) atoms. The van der Waals surface area contributed by atoms with E-state index < -0.39 is 0 Å². The molecule has 1 aromatic carbocycles. The number of nitrogens with zero attached hydrogens (tertiary/aromatic N) is 3. The zero-order valence-corrected chi connectivity index (χ0v) is 20.1. The first kappa shape index (κ1) is 21.8. The number of hydrogen-bond donors (Lipinski definition) is 0. The van der Waals surface area contributed by atoms with E-state index in [4.69, 9.17) is 4.98 Å². The lowest BCUT2D eigenvalue weighted by atomic mass is 10.1. The Morgan fingerprint density at radius 1 is 1.14 bits per heavy atom. The van der Waals surface area contributed by atoms with Gasteiger partial charge in [-0.3, -0.25) is 9.36 Å². The molecule has 4 nitrogen and oxygen atoms in total. The second-order valence-corrected chi connectivity index (χ2v) is 9.68. The SMILES string of the molecule is Cc1ccc(-n2c(SCC[N+]3(C)CCCCC3)nc3ccsc3c2=O)cc1.[I-]. The van der Waals surface area contributed by atoms with Gasteiger partial charge in [0, 0.05) is 0 Å². The number of piperidine rings is 1. The van der Waals surface area contributed by atoms with E-state index in [2.05, 4.69) is 26.1 Å². The number of benzene rings is 1. The van der Waals surface area contributed by atoms with Crippen LogP contribution in [-0.4, -0.2) is 46.5 Å². The lowest BCUT2D eigenvalue weighted by Crippen LogP contribution is -3.00. The Morgan fingerprint density at radius 3 is 2.57 bits per heavy atom. The van der Waals surface area contributed by atoms with E-state index in [1.54, 1.807) is 16.3 Å². The quantitative estimate of drug-likeness (QED) is 0.218. The second-order valence-electron chi connectivity index (χ2n) is 7.70. The van der Waals surface area contributed by atoms with E-state index in [1.807, 2.05) is 23.6 Å². The van der Waals surface area contributed by atoms with Gasteiger partial charge in [0.25, 0.3) is 5.56 Å². The Hall–Kier alpha value is -0.900. The van der Waals surface area contributed by atoms with E-state index in [0.29, 0.717) is 0 Å². The highest BCUT2D eigenvalue weighted by Crippen LogP contribution is 2.25. The van der Waals surface area contributed by atoms with E-state index in [-0.39, 0.29) is 29.5 Å². The van der Waals surface area contributed by atoms with Crippen LogP contribution in [0.5, 0.6) is 0 Å². The third kappa shape index (κ3) is 4.63. The highest BCUT2D eigenvalue weighted by molar-refractivity contribution is 7.99. The smallest absolute Gasteiger partial charge is 0.276 e. The van der Waals surface area contributed by atoms with E-state index in [1.165, 1.54) is 49.3 Å². The van der Waals surface area contributed by atoms with Crippen molar-refractivity contribution < 1.29 is 28.5 Å².